The van der Waals surface area contributed by atoms with Gasteiger partial charge in [0.2, 0.25) is 23.7 Å². The van der Waals surface area contributed by atoms with E-state index in [4.69, 9.17) is 4.74 Å². The van der Waals surface area contributed by atoms with Crippen molar-refractivity contribution in [1.82, 2.24) is 41.1 Å². The molecule has 0 radical (unpaired) electrons. The zero-order valence-electron chi connectivity index (χ0n) is 29.6. The molecule has 2 bridgehead atoms. The molecule has 3 aromatic carbocycles. The maximum absolute atomic E-state index is 14.0. The van der Waals surface area contributed by atoms with E-state index < -0.39 is 42.0 Å². The summed E-state index contributed by atoms with van der Waals surface area (Å²) in [4.78, 5) is 57.5. The van der Waals surface area contributed by atoms with Crippen LogP contribution in [0.4, 0.5) is 5.95 Å². The van der Waals surface area contributed by atoms with Crippen molar-refractivity contribution in [3.05, 3.63) is 96.1 Å². The number of carbonyl (C=O) groups excluding carboxylic acids is 4. The molecule has 4 amide bonds. The fourth-order valence-corrected chi connectivity index (χ4v) is 6.55. The Balaban J connectivity index is 1.27. The molecule has 0 saturated carbocycles. The molecule has 4 atom stereocenters. The third kappa shape index (κ3) is 9.18. The van der Waals surface area contributed by atoms with Gasteiger partial charge in [-0.1, -0.05) is 104 Å². The van der Waals surface area contributed by atoms with Gasteiger partial charge in [-0.15, -0.1) is 0 Å². The first-order valence-electron chi connectivity index (χ1n) is 17.6. The van der Waals surface area contributed by atoms with Crippen LogP contribution >= 0.6 is 0 Å². The minimum absolute atomic E-state index is 0.0678. The van der Waals surface area contributed by atoms with E-state index in [-0.39, 0.29) is 44.4 Å². The number of amides is 4. The average Bonchev–Trinajstić information content (AvgIpc) is 3.61. The third-order valence-electron chi connectivity index (χ3n) is 9.17. The summed E-state index contributed by atoms with van der Waals surface area (Å²) in [6.07, 6.45) is -1.07. The van der Waals surface area contributed by atoms with Gasteiger partial charge < -0.3 is 30.5 Å². The van der Waals surface area contributed by atoms with Crippen LogP contribution in [0.1, 0.15) is 31.4 Å². The van der Waals surface area contributed by atoms with Gasteiger partial charge in [0.25, 0.3) is 5.91 Å². The van der Waals surface area contributed by atoms with Gasteiger partial charge in [-0.2, -0.15) is 0 Å². The summed E-state index contributed by atoms with van der Waals surface area (Å²) in [6.45, 7) is 4.46. The SMILES string of the molecule is CC(C)C[C@@H]1NC(=O)CN(C)C(=O)[C@@H](Cc2ccccc2)NC(=O)[C@H]2CN(c3nnnn3Cc3ccc(-c4ccccc4)cc3)C[C@@H](CNC1=O)O2. The quantitative estimate of drug-likeness (QED) is 0.248. The lowest BCUT2D eigenvalue weighted by Crippen LogP contribution is -2.59. The summed E-state index contributed by atoms with van der Waals surface area (Å²) >= 11 is 0. The molecular weight excluding hydrogens is 662 g/mol. The number of hydrogen-bond acceptors (Lipinski definition) is 9. The predicted molar refractivity (Wildman–Crippen MR) is 194 cm³/mol. The predicted octanol–water partition coefficient (Wildman–Crippen LogP) is 1.81. The topological polar surface area (TPSA) is 164 Å². The molecule has 2 aliphatic heterocycles. The molecule has 1 aromatic heterocycles. The zero-order chi connectivity index (χ0) is 36.6. The molecule has 0 aliphatic carbocycles. The highest BCUT2D eigenvalue weighted by atomic mass is 16.5. The lowest BCUT2D eigenvalue weighted by Gasteiger charge is -2.38. The van der Waals surface area contributed by atoms with Crippen molar-refractivity contribution < 1.29 is 23.9 Å². The number of hydrogen-bond donors (Lipinski definition) is 3. The number of carbonyl (C=O) groups is 4. The van der Waals surface area contributed by atoms with Crippen molar-refractivity contribution >= 4 is 29.6 Å². The van der Waals surface area contributed by atoms with Crippen LogP contribution in [0.2, 0.25) is 0 Å². The van der Waals surface area contributed by atoms with Crippen molar-refractivity contribution in [2.24, 2.45) is 5.92 Å². The summed E-state index contributed by atoms with van der Waals surface area (Å²) < 4.78 is 7.97. The summed E-state index contributed by atoms with van der Waals surface area (Å²) in [5, 5.41) is 21.2. The van der Waals surface area contributed by atoms with Gasteiger partial charge >= 0.3 is 0 Å². The van der Waals surface area contributed by atoms with Gasteiger partial charge in [0, 0.05) is 26.6 Å². The number of nitrogens with one attached hydrogen (secondary N) is 3. The van der Waals surface area contributed by atoms with E-state index in [0.29, 0.717) is 18.9 Å². The fraction of sp³-hybridized carbons (Fsp3) is 0.395. The summed E-state index contributed by atoms with van der Waals surface area (Å²) in [5.74, 6) is -1.26. The van der Waals surface area contributed by atoms with Gasteiger partial charge in [-0.05, 0) is 45.0 Å². The molecule has 52 heavy (non-hydrogen) atoms. The van der Waals surface area contributed by atoms with Crippen LogP contribution in [0.5, 0.6) is 0 Å². The number of likely N-dealkylation sites (N-methyl/N-ethyl adjacent to an activating group) is 1. The van der Waals surface area contributed by atoms with E-state index in [0.717, 1.165) is 22.3 Å². The number of ether oxygens (including phenoxy) is 1. The van der Waals surface area contributed by atoms with Crippen LogP contribution in [0, 0.1) is 5.92 Å². The van der Waals surface area contributed by atoms with Gasteiger partial charge in [-0.25, -0.2) is 4.68 Å². The molecule has 6 rings (SSSR count). The number of nitrogens with zero attached hydrogens (tertiary/aromatic N) is 6. The average molecular weight is 708 g/mol. The molecule has 2 fully saturated rings. The van der Waals surface area contributed by atoms with Gasteiger partial charge in [0.1, 0.15) is 12.1 Å². The maximum Gasteiger partial charge on any atom is 0.251 e. The Bertz CT molecular complexity index is 1830. The number of rotatable bonds is 8. The Morgan fingerprint density at radius 2 is 1.50 bits per heavy atom. The normalized spacial score (nSPS) is 21.9. The molecule has 4 aromatic rings. The van der Waals surface area contributed by atoms with Crippen molar-refractivity contribution in [1.29, 1.82) is 0 Å². The first-order valence-corrected chi connectivity index (χ1v) is 17.6. The van der Waals surface area contributed by atoms with E-state index in [9.17, 15) is 19.2 Å². The number of fused-ring (bicyclic) bond motifs is 2. The lowest BCUT2D eigenvalue weighted by atomic mass is 10.0. The fourth-order valence-electron chi connectivity index (χ4n) is 6.55. The first-order chi connectivity index (χ1) is 25.1. The van der Waals surface area contributed by atoms with Crippen LogP contribution in [0.25, 0.3) is 11.1 Å². The smallest absolute Gasteiger partial charge is 0.251 e. The summed E-state index contributed by atoms with van der Waals surface area (Å²) in [7, 11) is 1.51. The number of anilines is 1. The Hall–Kier alpha value is -5.63. The minimum Gasteiger partial charge on any atom is -0.360 e. The summed E-state index contributed by atoms with van der Waals surface area (Å²) in [5.41, 5.74) is 4.03. The van der Waals surface area contributed by atoms with Crippen LogP contribution in [0.3, 0.4) is 0 Å². The van der Waals surface area contributed by atoms with Crippen molar-refractivity contribution in [2.45, 2.75) is 57.5 Å². The second-order valence-corrected chi connectivity index (χ2v) is 13.8. The van der Waals surface area contributed by atoms with E-state index in [1.165, 1.54) is 11.9 Å². The Kier molecular flexibility index (Phi) is 11.5. The van der Waals surface area contributed by atoms with Gasteiger partial charge in [0.15, 0.2) is 6.10 Å². The molecule has 14 heteroatoms. The molecule has 0 unspecified atom stereocenters. The molecule has 272 valence electrons. The largest absolute Gasteiger partial charge is 0.360 e. The molecule has 14 nitrogen and oxygen atoms in total. The molecule has 3 heterocycles. The number of aromatic nitrogens is 4. The Labute approximate surface area is 302 Å². The maximum atomic E-state index is 14.0. The van der Waals surface area contributed by atoms with Crippen LogP contribution < -0.4 is 20.9 Å². The second kappa shape index (κ2) is 16.6. The third-order valence-corrected chi connectivity index (χ3v) is 9.17. The minimum atomic E-state index is -1.03. The van der Waals surface area contributed by atoms with E-state index >= 15 is 0 Å². The molecule has 2 aliphatic rings. The molecule has 3 N–H and O–H groups in total. The van der Waals surface area contributed by atoms with Crippen molar-refractivity contribution in [3.63, 3.8) is 0 Å². The highest BCUT2D eigenvalue weighted by molar-refractivity contribution is 5.93. The van der Waals surface area contributed by atoms with Crippen LogP contribution in [-0.2, 0) is 36.9 Å². The monoisotopic (exact) mass is 707 g/mol. The standard InChI is InChI=1S/C38H45N9O5/c1-25(2)18-31-35(49)39-20-30-22-46(38-42-43-44-47(38)21-27-14-16-29(17-15-27)28-12-8-5-9-13-28)23-33(52-30)36(50)41-32(19-26-10-6-4-7-11-26)37(51)45(3)24-34(48)40-31/h4-17,25,30-33H,18-24H2,1-3H3,(H,39,49)(H,40,48)(H,41,50)/t30-,31+,32-,33-/m1/s1. The van der Waals surface area contributed by atoms with E-state index in [1.54, 1.807) is 4.68 Å². The van der Waals surface area contributed by atoms with E-state index in [1.807, 2.05) is 79.4 Å². The van der Waals surface area contributed by atoms with Crippen molar-refractivity contribution in [3.8, 4) is 11.1 Å². The number of benzene rings is 3. The number of morpholine rings is 1. The lowest BCUT2D eigenvalue weighted by molar-refractivity contribution is -0.143. The van der Waals surface area contributed by atoms with Gasteiger partial charge in [0.05, 0.1) is 25.7 Å². The van der Waals surface area contributed by atoms with Crippen LogP contribution in [-0.4, -0.2) is 106 Å². The Morgan fingerprint density at radius 1 is 0.808 bits per heavy atom. The molecule has 2 saturated heterocycles. The summed E-state index contributed by atoms with van der Waals surface area (Å²) in [6, 6.07) is 25.8. The van der Waals surface area contributed by atoms with Gasteiger partial charge in [-0.3, -0.25) is 19.2 Å². The number of tetrazole rings is 1. The zero-order valence-corrected chi connectivity index (χ0v) is 29.6. The second-order valence-electron chi connectivity index (χ2n) is 13.8. The highest BCUT2D eigenvalue weighted by Crippen LogP contribution is 2.22. The van der Waals surface area contributed by atoms with Crippen LogP contribution in [0.15, 0.2) is 84.9 Å². The van der Waals surface area contributed by atoms with Crippen molar-refractivity contribution in [2.75, 3.05) is 38.1 Å². The molecule has 0 spiro atoms. The highest BCUT2D eigenvalue weighted by Gasteiger charge is 2.38. The molecular formula is C38H45N9O5. The van der Waals surface area contributed by atoms with E-state index in [2.05, 4.69) is 55.7 Å². The Morgan fingerprint density at radius 3 is 2.21 bits per heavy atom. The first kappa shape index (κ1) is 36.2.